The van der Waals surface area contributed by atoms with Crippen molar-refractivity contribution in [3.8, 4) is 0 Å². The summed E-state index contributed by atoms with van der Waals surface area (Å²) in [4.78, 5) is 0. The first kappa shape index (κ1) is 33.5. The first-order valence-corrected chi connectivity index (χ1v) is 0. The monoisotopic (exact) mass is 167 g/mol. The molecule has 0 spiro atoms. The van der Waals surface area contributed by atoms with E-state index in [1.54, 1.807) is 0 Å². The van der Waals surface area contributed by atoms with E-state index < -0.39 is 0 Å². The molecule has 0 aliphatic carbocycles. The van der Waals surface area contributed by atoms with Crippen molar-refractivity contribution in [2.24, 2.45) is 0 Å². The smallest absolute Gasteiger partial charge is 1.00 e. The van der Waals surface area contributed by atoms with Crippen LogP contribution in [0.4, 0.5) is 4.70 Å². The maximum Gasteiger partial charge on any atom is 2.00 e. The molecule has 0 aliphatic rings. The van der Waals surface area contributed by atoms with Crippen molar-refractivity contribution >= 4 is 37.7 Å². The Morgan fingerprint density at radius 3 is 1.25 bits per heavy atom. The Labute approximate surface area is 83.9 Å². The number of hydrogen-bond donors (Lipinski definition) is 0. The summed E-state index contributed by atoms with van der Waals surface area (Å²) in [5.41, 5.74) is 0. The molecule has 0 aromatic heterocycles. The SMILES string of the molecule is C.F.[Ca+2].[H-].[H-].[Y]. The number of halogens is 1. The number of hydrogen-bond acceptors (Lipinski definition) is 0. The molecule has 0 saturated heterocycles. The molecule has 0 nitrogen and oxygen atoms in total. The van der Waals surface area contributed by atoms with Crippen LogP contribution in [0.15, 0.2) is 0 Å². The molecule has 0 fully saturated rings. The maximum atomic E-state index is 0. The summed E-state index contributed by atoms with van der Waals surface area (Å²) in [6.07, 6.45) is 0. The molecule has 0 aromatic carbocycles. The third kappa shape index (κ3) is 8.85. The van der Waals surface area contributed by atoms with E-state index in [-0.39, 0.29) is 85.4 Å². The molecule has 0 N–H and O–H groups in total. The third-order valence-corrected chi connectivity index (χ3v) is 0. The minimum Gasteiger partial charge on any atom is -1.00 e. The van der Waals surface area contributed by atoms with E-state index in [0.29, 0.717) is 0 Å². The summed E-state index contributed by atoms with van der Waals surface area (Å²) in [7, 11) is 0. The van der Waals surface area contributed by atoms with Gasteiger partial charge >= 0.3 is 37.7 Å². The quantitative estimate of drug-likeness (QED) is 0.464. The molecule has 0 atom stereocenters. The Hall–Kier alpha value is 2.29. The molecule has 0 heterocycles. The van der Waals surface area contributed by atoms with Gasteiger partial charge in [0.15, 0.2) is 0 Å². The Morgan fingerprint density at radius 1 is 1.25 bits per heavy atom. The second-order valence-corrected chi connectivity index (χ2v) is 0. The van der Waals surface area contributed by atoms with E-state index in [4.69, 9.17) is 0 Å². The first-order valence-electron chi connectivity index (χ1n) is 0. The van der Waals surface area contributed by atoms with Gasteiger partial charge in [-0.3, -0.25) is 4.70 Å². The van der Waals surface area contributed by atoms with Crippen molar-refractivity contribution in [1.29, 1.82) is 0 Å². The molecule has 0 saturated carbocycles. The fraction of sp³-hybridized carbons (Fsp3) is 1.00. The minimum atomic E-state index is 0. The number of rotatable bonds is 0. The molecular weight excluding hydrogens is 160 g/mol. The van der Waals surface area contributed by atoms with Crippen LogP contribution >= 0.6 is 0 Å². The van der Waals surface area contributed by atoms with Crippen molar-refractivity contribution < 1.29 is 40.3 Å². The Balaban J connectivity index is 0. The van der Waals surface area contributed by atoms with Crippen molar-refractivity contribution in [3.05, 3.63) is 0 Å². The molecular formula is CH7CaFY. The Bertz CT molecular complexity index is 13.5. The largest absolute Gasteiger partial charge is 2.00 e. The van der Waals surface area contributed by atoms with Gasteiger partial charge in [-0.05, 0) is 0 Å². The summed E-state index contributed by atoms with van der Waals surface area (Å²) < 4.78 is 0. The molecule has 4 heavy (non-hydrogen) atoms. The summed E-state index contributed by atoms with van der Waals surface area (Å²) in [5, 5.41) is 0. The van der Waals surface area contributed by atoms with Gasteiger partial charge < -0.3 is 2.85 Å². The summed E-state index contributed by atoms with van der Waals surface area (Å²) in [5.74, 6) is 0. The van der Waals surface area contributed by atoms with Gasteiger partial charge in [-0.1, -0.05) is 7.43 Å². The van der Waals surface area contributed by atoms with Gasteiger partial charge in [-0.2, -0.15) is 0 Å². The predicted molar refractivity (Wildman–Crippen MR) is 17.2 cm³/mol. The zero-order valence-electron chi connectivity index (χ0n) is 3.69. The molecule has 1 radical (unpaired) electrons. The summed E-state index contributed by atoms with van der Waals surface area (Å²) in [6, 6.07) is 0. The van der Waals surface area contributed by atoms with E-state index in [1.165, 1.54) is 0 Å². The second-order valence-electron chi connectivity index (χ2n) is 0. The van der Waals surface area contributed by atoms with Gasteiger partial charge in [0, 0.05) is 32.7 Å². The molecule has 3 heteroatoms. The van der Waals surface area contributed by atoms with Gasteiger partial charge in [0.2, 0.25) is 0 Å². The zero-order valence-corrected chi connectivity index (χ0v) is 6.74. The van der Waals surface area contributed by atoms with Gasteiger partial charge in [-0.25, -0.2) is 0 Å². The standard InChI is InChI=1S/CH4.Ca.FH.Y.2H/h1H4;;1H;;;/q;+2;;;2*-1. The minimum absolute atomic E-state index is 0. The van der Waals surface area contributed by atoms with E-state index >= 15 is 0 Å². The van der Waals surface area contributed by atoms with Crippen molar-refractivity contribution in [1.82, 2.24) is 0 Å². The first-order chi connectivity index (χ1) is 0. The Kier molecular flexibility index (Phi) is 155. The second kappa shape index (κ2) is 18.6. The van der Waals surface area contributed by atoms with Crippen LogP contribution in [-0.4, -0.2) is 37.7 Å². The zero-order chi connectivity index (χ0) is 0. The molecule has 0 amide bonds. The van der Waals surface area contributed by atoms with Crippen molar-refractivity contribution in [2.45, 2.75) is 7.43 Å². The van der Waals surface area contributed by atoms with Crippen molar-refractivity contribution in [2.75, 3.05) is 0 Å². The van der Waals surface area contributed by atoms with Crippen LogP contribution < -0.4 is 0 Å². The molecule has 0 rings (SSSR count). The molecule has 0 aliphatic heterocycles. The van der Waals surface area contributed by atoms with E-state index in [1.807, 2.05) is 0 Å². The summed E-state index contributed by atoms with van der Waals surface area (Å²) >= 11 is 0. The fourth-order valence-electron chi connectivity index (χ4n) is 0. The maximum absolute atomic E-state index is 0. The average molecular weight is 167 g/mol. The molecule has 0 unspecified atom stereocenters. The molecule has 23 valence electrons. The van der Waals surface area contributed by atoms with E-state index in [2.05, 4.69) is 0 Å². The van der Waals surface area contributed by atoms with Crippen LogP contribution in [0.25, 0.3) is 0 Å². The average Bonchev–Trinajstić information content (AvgIpc) is 0. The normalized spacial score (nSPS) is 0. The van der Waals surface area contributed by atoms with Gasteiger partial charge in [0.25, 0.3) is 0 Å². The van der Waals surface area contributed by atoms with Crippen LogP contribution in [0.5, 0.6) is 0 Å². The van der Waals surface area contributed by atoms with Crippen LogP contribution in [0.3, 0.4) is 0 Å². The predicted octanol–water partition coefficient (Wildman–Crippen LogP) is 0.630. The topological polar surface area (TPSA) is 0 Å². The van der Waals surface area contributed by atoms with Crippen LogP contribution in [0, 0.1) is 0 Å². The van der Waals surface area contributed by atoms with Crippen LogP contribution in [-0.2, 0) is 32.7 Å². The van der Waals surface area contributed by atoms with E-state index in [0.717, 1.165) is 0 Å². The van der Waals surface area contributed by atoms with Crippen molar-refractivity contribution in [3.63, 3.8) is 0 Å². The van der Waals surface area contributed by atoms with Gasteiger partial charge in [0.1, 0.15) is 0 Å². The fourth-order valence-corrected chi connectivity index (χ4v) is 0. The van der Waals surface area contributed by atoms with Gasteiger partial charge in [0.05, 0.1) is 0 Å². The van der Waals surface area contributed by atoms with E-state index in [9.17, 15) is 0 Å². The summed E-state index contributed by atoms with van der Waals surface area (Å²) in [6.45, 7) is 0. The van der Waals surface area contributed by atoms with Crippen LogP contribution in [0.2, 0.25) is 0 Å². The van der Waals surface area contributed by atoms with Crippen LogP contribution in [0.1, 0.15) is 10.3 Å². The third-order valence-electron chi connectivity index (χ3n) is 0. The molecule has 0 bridgehead atoms. The Morgan fingerprint density at radius 2 is 1.25 bits per heavy atom. The van der Waals surface area contributed by atoms with Gasteiger partial charge in [-0.15, -0.1) is 0 Å². The molecule has 0 aromatic rings.